The van der Waals surface area contributed by atoms with Gasteiger partial charge in [-0.05, 0) is 36.1 Å². The van der Waals surface area contributed by atoms with Crippen LogP contribution in [0.15, 0.2) is 24.3 Å². The largest absolute Gasteiger partial charge is 0.344 e. The fraction of sp³-hybridized carbons (Fsp3) is 0.375. The number of halogens is 2. The fourth-order valence-corrected chi connectivity index (χ4v) is 3.15. The van der Waals surface area contributed by atoms with Crippen molar-refractivity contribution < 1.29 is 9.59 Å². The van der Waals surface area contributed by atoms with Crippen LogP contribution in [-0.2, 0) is 9.59 Å². The van der Waals surface area contributed by atoms with E-state index in [9.17, 15) is 9.59 Å². The minimum absolute atomic E-state index is 0.00953. The predicted octanol–water partition coefficient (Wildman–Crippen LogP) is 2.89. The van der Waals surface area contributed by atoms with Crippen molar-refractivity contribution in [3.05, 3.63) is 39.9 Å². The van der Waals surface area contributed by atoms with Crippen LogP contribution in [0.25, 0.3) is 5.57 Å². The van der Waals surface area contributed by atoms with E-state index in [1.54, 1.807) is 11.0 Å². The van der Waals surface area contributed by atoms with Crippen molar-refractivity contribution in [1.82, 2.24) is 10.2 Å². The van der Waals surface area contributed by atoms with Crippen LogP contribution in [0.1, 0.15) is 24.8 Å². The van der Waals surface area contributed by atoms with Gasteiger partial charge in [-0.3, -0.25) is 9.59 Å². The van der Waals surface area contributed by atoms with Crippen LogP contribution in [-0.4, -0.2) is 35.8 Å². The van der Waals surface area contributed by atoms with Crippen LogP contribution in [0.5, 0.6) is 0 Å². The summed E-state index contributed by atoms with van der Waals surface area (Å²) in [6, 6.07) is 5.22. The summed E-state index contributed by atoms with van der Waals surface area (Å²) in [5.74, 6) is -0.0299. The highest BCUT2D eigenvalue weighted by molar-refractivity contribution is 6.42. The van der Waals surface area contributed by atoms with E-state index in [0.717, 1.165) is 17.6 Å². The van der Waals surface area contributed by atoms with Gasteiger partial charge in [0.25, 0.3) is 0 Å². The lowest BCUT2D eigenvalue weighted by molar-refractivity contribution is -0.134. The average molecular weight is 339 g/mol. The third-order valence-corrected chi connectivity index (χ3v) is 4.84. The Labute approximate surface area is 139 Å². The van der Waals surface area contributed by atoms with Crippen LogP contribution in [0.3, 0.4) is 0 Å². The molecular weight excluding hydrogens is 323 g/mol. The zero-order chi connectivity index (χ0) is 15.7. The molecule has 3 rings (SSSR count). The maximum absolute atomic E-state index is 12.3. The van der Waals surface area contributed by atoms with Crippen molar-refractivity contribution in [2.45, 2.75) is 25.3 Å². The number of nitrogens with one attached hydrogen (secondary N) is 1. The molecule has 1 aromatic carbocycles. The molecule has 0 aliphatic carbocycles. The summed E-state index contributed by atoms with van der Waals surface area (Å²) in [7, 11) is 0. The van der Waals surface area contributed by atoms with Crippen LogP contribution >= 0.6 is 23.2 Å². The molecule has 2 heterocycles. The highest BCUT2D eigenvalue weighted by atomic mass is 35.5. The summed E-state index contributed by atoms with van der Waals surface area (Å²) in [5.41, 5.74) is 2.20. The standard InChI is InChI=1S/C16H16Cl2N2O2/c17-12-2-1-11(9-13(12)18)10-5-7-20(8-6-10)16(22)14-3-4-15(21)19-14/h1-2,5,9,14H,3-4,6-8H2,(H,19,21)/t14-/m0/s1. The minimum atomic E-state index is -0.354. The van der Waals surface area contributed by atoms with E-state index in [1.165, 1.54) is 0 Å². The molecule has 0 aromatic heterocycles. The number of nitrogens with zero attached hydrogens (tertiary/aromatic N) is 1. The van der Waals surface area contributed by atoms with Gasteiger partial charge in [-0.1, -0.05) is 35.3 Å². The van der Waals surface area contributed by atoms with Crippen molar-refractivity contribution in [3.8, 4) is 0 Å². The molecule has 0 spiro atoms. The van der Waals surface area contributed by atoms with Gasteiger partial charge in [0.05, 0.1) is 10.0 Å². The molecular formula is C16H16Cl2N2O2. The van der Waals surface area contributed by atoms with E-state index in [1.807, 2.05) is 18.2 Å². The van der Waals surface area contributed by atoms with Crippen molar-refractivity contribution in [1.29, 1.82) is 0 Å². The van der Waals surface area contributed by atoms with Crippen molar-refractivity contribution in [2.75, 3.05) is 13.1 Å². The lowest BCUT2D eigenvalue weighted by Crippen LogP contribution is -2.45. The van der Waals surface area contributed by atoms with E-state index in [-0.39, 0.29) is 17.9 Å². The molecule has 2 aliphatic heterocycles. The summed E-state index contributed by atoms with van der Waals surface area (Å²) < 4.78 is 0. The smallest absolute Gasteiger partial charge is 0.245 e. The van der Waals surface area contributed by atoms with E-state index in [0.29, 0.717) is 36.0 Å². The first-order valence-corrected chi connectivity index (χ1v) is 8.03. The molecule has 1 atom stereocenters. The van der Waals surface area contributed by atoms with E-state index in [4.69, 9.17) is 23.2 Å². The second kappa shape index (κ2) is 6.31. The Morgan fingerprint density at radius 2 is 2.05 bits per heavy atom. The molecule has 1 fully saturated rings. The summed E-state index contributed by atoms with van der Waals surface area (Å²) in [5, 5.41) is 3.80. The number of benzene rings is 1. The molecule has 2 amide bonds. The SMILES string of the molecule is O=C1CC[C@@H](C(=O)N2CC=C(c3ccc(Cl)c(Cl)c3)CC2)N1. The molecule has 0 saturated carbocycles. The lowest BCUT2D eigenvalue weighted by Gasteiger charge is -2.29. The topological polar surface area (TPSA) is 49.4 Å². The van der Waals surface area contributed by atoms with Crippen LogP contribution in [0.2, 0.25) is 10.0 Å². The number of amides is 2. The summed E-state index contributed by atoms with van der Waals surface area (Å²) in [4.78, 5) is 25.3. The van der Waals surface area contributed by atoms with Gasteiger partial charge in [0, 0.05) is 19.5 Å². The van der Waals surface area contributed by atoms with Crippen molar-refractivity contribution in [3.63, 3.8) is 0 Å². The third-order valence-electron chi connectivity index (χ3n) is 4.10. The first-order valence-electron chi connectivity index (χ1n) is 7.27. The second-order valence-electron chi connectivity index (χ2n) is 5.55. The second-order valence-corrected chi connectivity index (χ2v) is 6.37. The molecule has 1 saturated heterocycles. The Morgan fingerprint density at radius 3 is 2.64 bits per heavy atom. The quantitative estimate of drug-likeness (QED) is 0.901. The highest BCUT2D eigenvalue weighted by Gasteiger charge is 2.31. The molecule has 0 radical (unpaired) electrons. The number of hydrogen-bond acceptors (Lipinski definition) is 2. The van der Waals surface area contributed by atoms with E-state index in [2.05, 4.69) is 5.32 Å². The molecule has 0 bridgehead atoms. The Morgan fingerprint density at radius 1 is 1.23 bits per heavy atom. The molecule has 22 heavy (non-hydrogen) atoms. The first-order chi connectivity index (χ1) is 10.5. The van der Waals surface area contributed by atoms with Gasteiger partial charge in [0.15, 0.2) is 0 Å². The van der Waals surface area contributed by atoms with Crippen LogP contribution in [0, 0.1) is 0 Å². The average Bonchev–Trinajstić information content (AvgIpc) is 2.96. The number of hydrogen-bond donors (Lipinski definition) is 1. The van der Waals surface area contributed by atoms with Gasteiger partial charge < -0.3 is 10.2 Å². The summed E-state index contributed by atoms with van der Waals surface area (Å²) in [6.07, 6.45) is 3.84. The number of carbonyl (C=O) groups is 2. The van der Waals surface area contributed by atoms with Crippen molar-refractivity contribution >= 4 is 40.6 Å². The zero-order valence-electron chi connectivity index (χ0n) is 11.9. The number of rotatable bonds is 2. The van der Waals surface area contributed by atoms with Gasteiger partial charge in [0.2, 0.25) is 11.8 Å². The molecule has 116 valence electrons. The van der Waals surface area contributed by atoms with Crippen LogP contribution < -0.4 is 5.32 Å². The molecule has 2 aliphatic rings. The predicted molar refractivity (Wildman–Crippen MR) is 86.8 cm³/mol. The van der Waals surface area contributed by atoms with Gasteiger partial charge in [0.1, 0.15) is 6.04 Å². The van der Waals surface area contributed by atoms with Gasteiger partial charge in [-0.2, -0.15) is 0 Å². The van der Waals surface area contributed by atoms with Crippen LogP contribution in [0.4, 0.5) is 0 Å². The monoisotopic (exact) mass is 338 g/mol. The van der Waals surface area contributed by atoms with E-state index < -0.39 is 0 Å². The first kappa shape index (κ1) is 15.4. The molecule has 1 N–H and O–H groups in total. The fourth-order valence-electron chi connectivity index (χ4n) is 2.85. The Balaban J connectivity index is 1.67. The minimum Gasteiger partial charge on any atom is -0.344 e. The Kier molecular flexibility index (Phi) is 4.41. The summed E-state index contributed by atoms with van der Waals surface area (Å²) in [6.45, 7) is 1.21. The third kappa shape index (κ3) is 3.13. The molecule has 0 unspecified atom stereocenters. The molecule has 6 heteroatoms. The van der Waals surface area contributed by atoms with Crippen molar-refractivity contribution in [2.24, 2.45) is 0 Å². The zero-order valence-corrected chi connectivity index (χ0v) is 13.5. The molecule has 4 nitrogen and oxygen atoms in total. The normalized spacial score (nSPS) is 21.5. The van der Waals surface area contributed by atoms with Gasteiger partial charge >= 0.3 is 0 Å². The maximum Gasteiger partial charge on any atom is 0.245 e. The van der Waals surface area contributed by atoms with E-state index >= 15 is 0 Å². The molecule has 1 aromatic rings. The maximum atomic E-state index is 12.3. The Hall–Kier alpha value is -1.52. The van der Waals surface area contributed by atoms with Gasteiger partial charge in [-0.15, -0.1) is 0 Å². The lowest BCUT2D eigenvalue weighted by atomic mass is 9.99. The Bertz CT molecular complexity index is 658. The summed E-state index contributed by atoms with van der Waals surface area (Å²) >= 11 is 12.0. The highest BCUT2D eigenvalue weighted by Crippen LogP contribution is 2.29. The number of carbonyl (C=O) groups excluding carboxylic acids is 2. The van der Waals surface area contributed by atoms with Gasteiger partial charge in [-0.25, -0.2) is 0 Å².